The second kappa shape index (κ2) is 5.86. The van der Waals surface area contributed by atoms with Crippen molar-refractivity contribution >= 4 is 35.1 Å². The summed E-state index contributed by atoms with van der Waals surface area (Å²) in [6.45, 7) is 2.09. The van der Waals surface area contributed by atoms with Crippen LogP contribution in [0.2, 0.25) is 10.0 Å². The van der Waals surface area contributed by atoms with Crippen molar-refractivity contribution < 1.29 is 14.7 Å². The third kappa shape index (κ3) is 2.80. The Morgan fingerprint density at radius 3 is 2.74 bits per heavy atom. The smallest absolute Gasteiger partial charge is 0.356 e. The Bertz CT molecular complexity index is 803. The van der Waals surface area contributed by atoms with E-state index in [1.165, 1.54) is 6.07 Å². The van der Waals surface area contributed by atoms with E-state index in [1.54, 1.807) is 17.0 Å². The summed E-state index contributed by atoms with van der Waals surface area (Å²) in [5.41, 5.74) is 1.67. The maximum Gasteiger partial charge on any atom is 0.356 e. The van der Waals surface area contributed by atoms with E-state index in [-0.39, 0.29) is 24.2 Å². The molecule has 8 heteroatoms. The molecular weight excluding hydrogens is 341 g/mol. The Kier molecular flexibility index (Phi) is 4.04. The Hall–Kier alpha value is -2.05. The van der Waals surface area contributed by atoms with Gasteiger partial charge in [0.25, 0.3) is 5.91 Å². The monoisotopic (exact) mass is 353 g/mol. The molecule has 3 rings (SSSR count). The molecule has 1 aliphatic heterocycles. The van der Waals surface area contributed by atoms with Gasteiger partial charge in [0.1, 0.15) is 0 Å². The number of carboxylic acid groups (broad SMARTS) is 1. The fourth-order valence-corrected chi connectivity index (χ4v) is 3.01. The molecular formula is C15H13Cl2N3O3. The molecule has 2 aromatic rings. The molecule has 23 heavy (non-hydrogen) atoms. The maximum absolute atomic E-state index is 12.7. The normalized spacial score (nSPS) is 17.0. The molecule has 1 unspecified atom stereocenters. The SMILES string of the molecule is CC1Cc2[nH]nc(C(=O)O)c2CN1C(=O)c1ccc(Cl)c(Cl)c1. The minimum absolute atomic E-state index is 0.0427. The van der Waals surface area contributed by atoms with Crippen molar-refractivity contribution in [3.8, 4) is 0 Å². The van der Waals surface area contributed by atoms with Gasteiger partial charge in [-0.3, -0.25) is 9.89 Å². The maximum atomic E-state index is 12.7. The van der Waals surface area contributed by atoms with Gasteiger partial charge in [-0.15, -0.1) is 0 Å². The van der Waals surface area contributed by atoms with Gasteiger partial charge in [-0.25, -0.2) is 4.79 Å². The number of fused-ring (bicyclic) bond motifs is 1. The Morgan fingerprint density at radius 2 is 2.09 bits per heavy atom. The highest BCUT2D eigenvalue weighted by molar-refractivity contribution is 6.42. The third-order valence-corrected chi connectivity index (χ3v) is 4.68. The third-order valence-electron chi connectivity index (χ3n) is 3.94. The summed E-state index contributed by atoms with van der Waals surface area (Å²) in [7, 11) is 0. The summed E-state index contributed by atoms with van der Waals surface area (Å²) in [6, 6.07) is 4.60. The number of nitrogens with zero attached hydrogens (tertiary/aromatic N) is 2. The number of benzene rings is 1. The summed E-state index contributed by atoms with van der Waals surface area (Å²) < 4.78 is 0. The van der Waals surface area contributed by atoms with Gasteiger partial charge in [0.05, 0.1) is 16.6 Å². The van der Waals surface area contributed by atoms with Gasteiger partial charge in [0.2, 0.25) is 0 Å². The average molecular weight is 354 g/mol. The first kappa shape index (κ1) is 15.8. The molecule has 0 fully saturated rings. The number of aromatic carboxylic acids is 1. The van der Waals surface area contributed by atoms with E-state index in [9.17, 15) is 14.7 Å². The highest BCUT2D eigenvalue weighted by atomic mass is 35.5. The first-order valence-corrected chi connectivity index (χ1v) is 7.69. The number of carbonyl (C=O) groups is 2. The molecule has 2 N–H and O–H groups in total. The van der Waals surface area contributed by atoms with Crippen LogP contribution < -0.4 is 0 Å². The van der Waals surface area contributed by atoms with Gasteiger partial charge < -0.3 is 10.0 Å². The van der Waals surface area contributed by atoms with Crippen LogP contribution in [0.25, 0.3) is 0 Å². The van der Waals surface area contributed by atoms with Crippen molar-refractivity contribution in [2.24, 2.45) is 0 Å². The van der Waals surface area contributed by atoms with E-state index < -0.39 is 5.97 Å². The first-order valence-electron chi connectivity index (χ1n) is 6.94. The zero-order valence-corrected chi connectivity index (χ0v) is 13.6. The molecule has 0 spiro atoms. The number of carbonyl (C=O) groups excluding carboxylic acids is 1. The van der Waals surface area contributed by atoms with Crippen LogP contribution >= 0.6 is 23.2 Å². The Labute approximate surface area is 142 Å². The lowest BCUT2D eigenvalue weighted by Gasteiger charge is -2.33. The Balaban J connectivity index is 1.93. The number of rotatable bonds is 2. The highest BCUT2D eigenvalue weighted by Crippen LogP contribution is 2.28. The minimum Gasteiger partial charge on any atom is -0.476 e. The predicted octanol–water partition coefficient (Wildman–Crippen LogP) is 3.00. The molecule has 0 aliphatic carbocycles. The molecule has 1 aromatic carbocycles. The fraction of sp³-hybridized carbons (Fsp3) is 0.267. The lowest BCUT2D eigenvalue weighted by atomic mass is 9.98. The van der Waals surface area contributed by atoms with Gasteiger partial charge in [0, 0.05) is 29.3 Å². The lowest BCUT2D eigenvalue weighted by Crippen LogP contribution is -2.42. The molecule has 0 radical (unpaired) electrons. The topological polar surface area (TPSA) is 86.3 Å². The molecule has 1 aliphatic rings. The molecule has 1 amide bonds. The van der Waals surface area contributed by atoms with Crippen molar-refractivity contribution in [2.75, 3.05) is 0 Å². The zero-order chi connectivity index (χ0) is 16.7. The quantitative estimate of drug-likeness (QED) is 0.868. The molecule has 0 bridgehead atoms. The molecule has 2 heterocycles. The van der Waals surface area contributed by atoms with E-state index in [2.05, 4.69) is 10.2 Å². The van der Waals surface area contributed by atoms with Crippen molar-refractivity contribution in [1.29, 1.82) is 0 Å². The van der Waals surface area contributed by atoms with Crippen LogP contribution in [0.1, 0.15) is 39.0 Å². The number of amides is 1. The molecule has 1 aromatic heterocycles. The summed E-state index contributed by atoms with van der Waals surface area (Å²) in [5, 5.41) is 16.4. The van der Waals surface area contributed by atoms with Gasteiger partial charge in [-0.05, 0) is 25.1 Å². The number of nitrogens with one attached hydrogen (secondary N) is 1. The second-order valence-corrected chi connectivity index (χ2v) is 6.26. The lowest BCUT2D eigenvalue weighted by molar-refractivity contribution is 0.0636. The second-order valence-electron chi connectivity index (χ2n) is 5.45. The Morgan fingerprint density at radius 1 is 1.35 bits per heavy atom. The highest BCUT2D eigenvalue weighted by Gasteiger charge is 2.32. The summed E-state index contributed by atoms with van der Waals surface area (Å²) >= 11 is 11.8. The van der Waals surface area contributed by atoms with Crippen molar-refractivity contribution in [3.05, 3.63) is 50.8 Å². The molecule has 1 atom stereocenters. The molecule has 120 valence electrons. The van der Waals surface area contributed by atoms with Crippen LogP contribution in [0.5, 0.6) is 0 Å². The molecule has 6 nitrogen and oxygen atoms in total. The number of carboxylic acids is 1. The zero-order valence-electron chi connectivity index (χ0n) is 12.1. The first-order chi connectivity index (χ1) is 10.9. The number of aromatic nitrogens is 2. The van der Waals surface area contributed by atoms with E-state index in [1.807, 2.05) is 6.92 Å². The van der Waals surface area contributed by atoms with E-state index in [0.717, 1.165) is 5.69 Å². The van der Waals surface area contributed by atoms with Gasteiger partial charge >= 0.3 is 5.97 Å². The predicted molar refractivity (Wildman–Crippen MR) is 85.0 cm³/mol. The van der Waals surface area contributed by atoms with Crippen molar-refractivity contribution in [3.63, 3.8) is 0 Å². The number of H-pyrrole nitrogens is 1. The number of aromatic amines is 1. The van der Waals surface area contributed by atoms with Gasteiger partial charge in [-0.1, -0.05) is 23.2 Å². The molecule has 0 saturated carbocycles. The van der Waals surface area contributed by atoms with E-state index in [4.69, 9.17) is 23.2 Å². The molecule has 0 saturated heterocycles. The van der Waals surface area contributed by atoms with Crippen molar-refractivity contribution in [2.45, 2.75) is 25.9 Å². The van der Waals surface area contributed by atoms with Crippen LogP contribution in [-0.4, -0.2) is 38.1 Å². The van der Waals surface area contributed by atoms with Crippen LogP contribution in [0.3, 0.4) is 0 Å². The van der Waals surface area contributed by atoms with Gasteiger partial charge in [-0.2, -0.15) is 5.10 Å². The standard InChI is InChI=1S/C15H13Cl2N3O3/c1-7-4-12-9(13(15(22)23)19-18-12)6-20(7)14(21)8-2-3-10(16)11(17)5-8/h2-3,5,7H,4,6H2,1H3,(H,18,19)(H,22,23). The number of halogens is 2. The summed E-state index contributed by atoms with van der Waals surface area (Å²) in [6.07, 6.45) is 0.517. The van der Waals surface area contributed by atoms with E-state index >= 15 is 0 Å². The summed E-state index contributed by atoms with van der Waals surface area (Å²) in [4.78, 5) is 25.6. The number of hydrogen-bond acceptors (Lipinski definition) is 3. The number of hydrogen-bond donors (Lipinski definition) is 2. The van der Waals surface area contributed by atoms with Crippen LogP contribution in [-0.2, 0) is 13.0 Å². The van der Waals surface area contributed by atoms with Crippen LogP contribution in [0.4, 0.5) is 0 Å². The summed E-state index contributed by atoms with van der Waals surface area (Å²) in [5.74, 6) is -1.33. The largest absolute Gasteiger partial charge is 0.476 e. The fourth-order valence-electron chi connectivity index (χ4n) is 2.72. The van der Waals surface area contributed by atoms with E-state index in [0.29, 0.717) is 27.6 Å². The van der Waals surface area contributed by atoms with Gasteiger partial charge in [0.15, 0.2) is 5.69 Å². The minimum atomic E-state index is -1.11. The average Bonchev–Trinajstić information content (AvgIpc) is 2.91. The van der Waals surface area contributed by atoms with Crippen molar-refractivity contribution in [1.82, 2.24) is 15.1 Å². The van der Waals surface area contributed by atoms with Crippen LogP contribution in [0.15, 0.2) is 18.2 Å². The van der Waals surface area contributed by atoms with Crippen LogP contribution in [0, 0.1) is 0 Å².